The van der Waals surface area contributed by atoms with Crippen molar-refractivity contribution in [2.75, 3.05) is 6.61 Å². The maximum Gasteiger partial charge on any atom is 0.261 e. The van der Waals surface area contributed by atoms with Gasteiger partial charge in [-0.25, -0.2) is 0 Å². The summed E-state index contributed by atoms with van der Waals surface area (Å²) in [6, 6.07) is 27.4. The van der Waals surface area contributed by atoms with E-state index in [4.69, 9.17) is 13.9 Å². The number of hydrogen-bond acceptors (Lipinski definition) is 6. The molecule has 0 aliphatic carbocycles. The van der Waals surface area contributed by atoms with Gasteiger partial charge in [0.2, 0.25) is 6.29 Å². The number of hydrogen-bond donors (Lipinski definition) is 3. The highest BCUT2D eigenvalue weighted by Gasteiger charge is 2.52. The van der Waals surface area contributed by atoms with Crippen LogP contribution in [0, 0.1) is 0 Å². The molecule has 8 heteroatoms. The first-order valence-corrected chi connectivity index (χ1v) is 14.7. The van der Waals surface area contributed by atoms with E-state index >= 15 is 0 Å². The molecule has 0 radical (unpaired) electrons. The van der Waals surface area contributed by atoms with E-state index < -0.39 is 39.0 Å². The number of benzene rings is 3. The van der Waals surface area contributed by atoms with Gasteiger partial charge in [-0.15, -0.1) is 0 Å². The molecule has 4 rings (SSSR count). The molecule has 0 saturated carbocycles. The van der Waals surface area contributed by atoms with E-state index in [1.165, 1.54) is 0 Å². The van der Waals surface area contributed by atoms with Crippen LogP contribution in [-0.4, -0.2) is 60.9 Å². The van der Waals surface area contributed by atoms with Crippen LogP contribution in [-0.2, 0) is 9.16 Å². The number of halogens is 1. The first-order valence-electron chi connectivity index (χ1n) is 12.0. The summed E-state index contributed by atoms with van der Waals surface area (Å²) in [5, 5.41) is 33.9. The van der Waals surface area contributed by atoms with Crippen molar-refractivity contribution in [3.05, 3.63) is 89.4 Å². The molecule has 3 aromatic carbocycles. The van der Waals surface area contributed by atoms with Crippen LogP contribution in [0.2, 0.25) is 5.04 Å². The lowest BCUT2D eigenvalue weighted by molar-refractivity contribution is -0.276. The molecule has 3 aromatic rings. The third kappa shape index (κ3) is 5.45. The van der Waals surface area contributed by atoms with Gasteiger partial charge >= 0.3 is 0 Å². The second kappa shape index (κ2) is 11.1. The van der Waals surface area contributed by atoms with Crippen LogP contribution in [0.3, 0.4) is 0 Å². The van der Waals surface area contributed by atoms with E-state index in [0.717, 1.165) is 14.8 Å². The highest BCUT2D eigenvalue weighted by molar-refractivity contribution is 9.10. The molecule has 0 aromatic heterocycles. The predicted molar refractivity (Wildman–Crippen MR) is 145 cm³/mol. The minimum atomic E-state index is -2.89. The first kappa shape index (κ1) is 27.0. The van der Waals surface area contributed by atoms with Crippen LogP contribution >= 0.6 is 15.9 Å². The lowest BCUT2D eigenvalue weighted by Gasteiger charge is -2.45. The second-order valence-electron chi connectivity index (χ2n) is 10.1. The van der Waals surface area contributed by atoms with Crippen LogP contribution in [0.25, 0.3) is 0 Å². The van der Waals surface area contributed by atoms with Gasteiger partial charge < -0.3 is 29.2 Å². The summed E-state index contributed by atoms with van der Waals surface area (Å²) < 4.78 is 19.6. The first-order chi connectivity index (χ1) is 17.1. The monoisotopic (exact) mass is 572 g/mol. The normalized spacial score (nSPS) is 24.9. The molecule has 1 aliphatic rings. The summed E-state index contributed by atoms with van der Waals surface area (Å²) >= 11 is 3.38. The number of aliphatic hydroxyl groups is 3. The Hall–Kier alpha value is -2.04. The molecule has 1 saturated heterocycles. The molecule has 192 valence electrons. The van der Waals surface area contributed by atoms with Gasteiger partial charge in [0.05, 0.1) is 6.61 Å². The maximum absolute atomic E-state index is 10.8. The summed E-state index contributed by atoms with van der Waals surface area (Å²) in [5.41, 5.74) is 0. The minimum absolute atomic E-state index is 0.0123. The van der Waals surface area contributed by atoms with Crippen LogP contribution in [0.15, 0.2) is 89.4 Å². The van der Waals surface area contributed by atoms with Gasteiger partial charge in [-0.1, -0.05) is 97.4 Å². The zero-order valence-electron chi connectivity index (χ0n) is 20.6. The average Bonchev–Trinajstić information content (AvgIpc) is 2.87. The van der Waals surface area contributed by atoms with Crippen LogP contribution in [0.1, 0.15) is 20.8 Å². The number of rotatable bonds is 7. The Kier molecular flexibility index (Phi) is 8.36. The summed E-state index contributed by atoms with van der Waals surface area (Å²) in [6.07, 6.45) is -6.30. The molecule has 0 spiro atoms. The number of ether oxygens (including phenoxy) is 2. The van der Waals surface area contributed by atoms with E-state index in [1.807, 2.05) is 36.4 Å². The molecule has 6 nitrogen and oxygen atoms in total. The minimum Gasteiger partial charge on any atom is -0.462 e. The average molecular weight is 574 g/mol. The highest BCUT2D eigenvalue weighted by Crippen LogP contribution is 2.37. The van der Waals surface area contributed by atoms with Gasteiger partial charge in [0.15, 0.2) is 0 Å². The van der Waals surface area contributed by atoms with E-state index in [2.05, 4.69) is 61.0 Å². The summed E-state index contributed by atoms with van der Waals surface area (Å²) in [7, 11) is -2.89. The summed E-state index contributed by atoms with van der Waals surface area (Å²) in [6.45, 7) is 6.50. The van der Waals surface area contributed by atoms with Crippen LogP contribution in [0.5, 0.6) is 5.75 Å². The lowest BCUT2D eigenvalue weighted by Crippen LogP contribution is -2.68. The van der Waals surface area contributed by atoms with Crippen molar-refractivity contribution in [1.29, 1.82) is 0 Å². The molecule has 0 bridgehead atoms. The quantitative estimate of drug-likeness (QED) is 0.377. The standard InChI is InChI=1S/C28H33BrO6Si/c1-28(2,3)36(21-10-6-4-7-11-21,22-12-8-5-9-13-22)33-18-23-24(30)25(31)26(32)27(35-23)34-20-16-14-19(29)15-17-20/h4-17,23-27,30-32H,18H2,1-3H3. The summed E-state index contributed by atoms with van der Waals surface area (Å²) in [4.78, 5) is 0. The molecule has 1 fully saturated rings. The van der Waals surface area contributed by atoms with Gasteiger partial charge in [-0.05, 0) is 39.7 Å². The Morgan fingerprint density at radius 3 is 1.81 bits per heavy atom. The van der Waals surface area contributed by atoms with Gasteiger partial charge in [0.25, 0.3) is 8.32 Å². The van der Waals surface area contributed by atoms with Crippen molar-refractivity contribution < 1.29 is 29.2 Å². The van der Waals surface area contributed by atoms with Crippen molar-refractivity contribution in [3.63, 3.8) is 0 Å². The second-order valence-corrected chi connectivity index (χ2v) is 15.3. The van der Waals surface area contributed by atoms with Crippen molar-refractivity contribution >= 4 is 34.6 Å². The van der Waals surface area contributed by atoms with Crippen LogP contribution < -0.4 is 15.1 Å². The molecule has 36 heavy (non-hydrogen) atoms. The Labute approximate surface area is 221 Å². The van der Waals surface area contributed by atoms with Gasteiger partial charge in [-0.2, -0.15) is 0 Å². The largest absolute Gasteiger partial charge is 0.462 e. The molecule has 5 unspecified atom stereocenters. The highest BCUT2D eigenvalue weighted by atomic mass is 79.9. The lowest BCUT2D eigenvalue weighted by atomic mass is 9.99. The molecular formula is C28H33BrO6Si. The Morgan fingerprint density at radius 1 is 0.778 bits per heavy atom. The topological polar surface area (TPSA) is 88.4 Å². The maximum atomic E-state index is 10.8. The predicted octanol–water partition coefficient (Wildman–Crippen LogP) is 3.21. The Balaban J connectivity index is 1.64. The number of aliphatic hydroxyl groups excluding tert-OH is 3. The third-order valence-electron chi connectivity index (χ3n) is 6.62. The molecule has 0 amide bonds. The van der Waals surface area contributed by atoms with Gasteiger partial charge in [0, 0.05) is 4.47 Å². The molecule has 3 N–H and O–H groups in total. The van der Waals surface area contributed by atoms with Crippen LogP contribution in [0.4, 0.5) is 0 Å². The van der Waals surface area contributed by atoms with Crippen molar-refractivity contribution in [1.82, 2.24) is 0 Å². The fraction of sp³-hybridized carbons (Fsp3) is 0.357. The van der Waals surface area contributed by atoms with Crippen molar-refractivity contribution in [2.45, 2.75) is 56.5 Å². The fourth-order valence-electron chi connectivity index (χ4n) is 4.77. The third-order valence-corrected chi connectivity index (χ3v) is 12.1. The zero-order valence-corrected chi connectivity index (χ0v) is 23.2. The SMILES string of the molecule is CC(C)(C)[Si](OCC1OC(Oc2ccc(Br)cc2)C(O)C(O)C1O)(c1ccccc1)c1ccccc1. The van der Waals surface area contributed by atoms with E-state index in [0.29, 0.717) is 5.75 Å². The van der Waals surface area contributed by atoms with Crippen molar-refractivity contribution in [2.24, 2.45) is 0 Å². The molecule has 5 atom stereocenters. The van der Waals surface area contributed by atoms with Crippen molar-refractivity contribution in [3.8, 4) is 5.75 Å². The molecular weight excluding hydrogens is 540 g/mol. The Morgan fingerprint density at radius 2 is 1.31 bits per heavy atom. The van der Waals surface area contributed by atoms with Gasteiger partial charge in [-0.3, -0.25) is 0 Å². The van der Waals surface area contributed by atoms with Gasteiger partial charge in [0.1, 0.15) is 30.2 Å². The Bertz CT molecular complexity index is 1070. The zero-order chi connectivity index (χ0) is 25.9. The van der Waals surface area contributed by atoms with E-state index in [9.17, 15) is 15.3 Å². The van der Waals surface area contributed by atoms with E-state index in [-0.39, 0.29) is 11.6 Å². The molecule has 1 aliphatic heterocycles. The van der Waals surface area contributed by atoms with E-state index in [1.54, 1.807) is 24.3 Å². The fourth-order valence-corrected chi connectivity index (χ4v) is 9.60. The smallest absolute Gasteiger partial charge is 0.261 e. The summed E-state index contributed by atoms with van der Waals surface area (Å²) in [5.74, 6) is 0.470. The molecule has 1 heterocycles.